The highest BCUT2D eigenvalue weighted by Crippen LogP contribution is 2.24. The van der Waals surface area contributed by atoms with Crippen LogP contribution in [0, 0.1) is 0 Å². The van der Waals surface area contributed by atoms with Crippen LogP contribution < -0.4 is 15.4 Å². The molecule has 1 aromatic heterocycles. The van der Waals surface area contributed by atoms with Crippen LogP contribution >= 0.6 is 0 Å². The van der Waals surface area contributed by atoms with Gasteiger partial charge in [0.15, 0.2) is 0 Å². The molecule has 9 heteroatoms. The zero-order chi connectivity index (χ0) is 17.7. The minimum Gasteiger partial charge on any atom is -0.406 e. The standard InChI is InChI=1S/C15H12F3N3O3/c1-9(22)20-13-8-10(6-7-19-13)14(23)21-11-2-4-12(5-3-11)24-15(16,17)18/h2-8H,1H3,(H,21,23)(H,19,20,22). The van der Waals surface area contributed by atoms with Gasteiger partial charge in [-0.2, -0.15) is 0 Å². The Morgan fingerprint density at radius 3 is 2.33 bits per heavy atom. The second-order valence-electron chi connectivity index (χ2n) is 4.64. The largest absolute Gasteiger partial charge is 0.573 e. The number of amides is 2. The van der Waals surface area contributed by atoms with Crippen molar-refractivity contribution in [1.82, 2.24) is 4.98 Å². The first-order chi connectivity index (χ1) is 11.2. The minimum atomic E-state index is -4.78. The van der Waals surface area contributed by atoms with Crippen molar-refractivity contribution in [3.8, 4) is 5.75 Å². The van der Waals surface area contributed by atoms with Crippen molar-refractivity contribution in [2.45, 2.75) is 13.3 Å². The number of rotatable bonds is 4. The van der Waals surface area contributed by atoms with Gasteiger partial charge in [0, 0.05) is 24.4 Å². The average Bonchev–Trinajstić information content (AvgIpc) is 2.47. The molecule has 2 rings (SSSR count). The highest BCUT2D eigenvalue weighted by Gasteiger charge is 2.30. The van der Waals surface area contributed by atoms with Gasteiger partial charge >= 0.3 is 6.36 Å². The van der Waals surface area contributed by atoms with E-state index in [0.717, 1.165) is 12.1 Å². The summed E-state index contributed by atoms with van der Waals surface area (Å²) in [4.78, 5) is 27.0. The minimum absolute atomic E-state index is 0.212. The Morgan fingerprint density at radius 1 is 1.08 bits per heavy atom. The molecule has 2 amide bonds. The molecule has 0 bridgehead atoms. The third kappa shape index (κ3) is 5.27. The first-order valence-electron chi connectivity index (χ1n) is 6.64. The normalized spacial score (nSPS) is 10.8. The van der Waals surface area contributed by atoms with E-state index in [1.807, 2.05) is 0 Å². The molecule has 0 unspecified atom stereocenters. The molecule has 1 heterocycles. The number of benzene rings is 1. The van der Waals surface area contributed by atoms with E-state index in [-0.39, 0.29) is 23.0 Å². The SMILES string of the molecule is CC(=O)Nc1cc(C(=O)Nc2ccc(OC(F)(F)F)cc2)ccn1. The van der Waals surface area contributed by atoms with E-state index in [0.29, 0.717) is 0 Å². The van der Waals surface area contributed by atoms with E-state index in [4.69, 9.17) is 0 Å². The number of nitrogens with zero attached hydrogens (tertiary/aromatic N) is 1. The van der Waals surface area contributed by atoms with E-state index in [2.05, 4.69) is 20.4 Å². The Balaban J connectivity index is 2.05. The van der Waals surface area contributed by atoms with Gasteiger partial charge in [-0.3, -0.25) is 9.59 Å². The van der Waals surface area contributed by atoms with Crippen LogP contribution in [0.4, 0.5) is 24.7 Å². The van der Waals surface area contributed by atoms with Gasteiger partial charge < -0.3 is 15.4 Å². The summed E-state index contributed by atoms with van der Waals surface area (Å²) in [6.07, 6.45) is -3.43. The zero-order valence-corrected chi connectivity index (χ0v) is 12.3. The highest BCUT2D eigenvalue weighted by molar-refractivity contribution is 6.05. The Morgan fingerprint density at radius 2 is 1.75 bits per heavy atom. The number of aromatic nitrogens is 1. The lowest BCUT2D eigenvalue weighted by atomic mass is 10.2. The van der Waals surface area contributed by atoms with Crippen molar-refractivity contribution < 1.29 is 27.5 Å². The molecule has 0 aliphatic carbocycles. The first kappa shape index (κ1) is 17.3. The van der Waals surface area contributed by atoms with Crippen LogP contribution in [0.1, 0.15) is 17.3 Å². The fraction of sp³-hybridized carbons (Fsp3) is 0.133. The molecule has 2 aromatic rings. The molecule has 24 heavy (non-hydrogen) atoms. The molecule has 0 fully saturated rings. The predicted molar refractivity (Wildman–Crippen MR) is 79.6 cm³/mol. The van der Waals surface area contributed by atoms with Crippen LogP contribution in [0.15, 0.2) is 42.6 Å². The Labute approximate surface area is 134 Å². The fourth-order valence-electron chi connectivity index (χ4n) is 1.76. The van der Waals surface area contributed by atoms with Crippen molar-refractivity contribution >= 4 is 23.3 Å². The number of carbonyl (C=O) groups is 2. The molecule has 0 spiro atoms. The summed E-state index contributed by atoms with van der Waals surface area (Å²) < 4.78 is 40.0. The zero-order valence-electron chi connectivity index (χ0n) is 12.3. The van der Waals surface area contributed by atoms with Gasteiger partial charge in [0.25, 0.3) is 5.91 Å². The van der Waals surface area contributed by atoms with Crippen LogP contribution in [0.3, 0.4) is 0 Å². The van der Waals surface area contributed by atoms with Crippen LogP contribution in [0.5, 0.6) is 5.75 Å². The summed E-state index contributed by atoms with van der Waals surface area (Å²) in [6.45, 7) is 1.30. The van der Waals surface area contributed by atoms with E-state index in [1.165, 1.54) is 37.4 Å². The molecule has 0 radical (unpaired) electrons. The van der Waals surface area contributed by atoms with E-state index >= 15 is 0 Å². The van der Waals surface area contributed by atoms with Crippen molar-refractivity contribution in [1.29, 1.82) is 0 Å². The molecule has 0 saturated carbocycles. The molecule has 1 aromatic carbocycles. The Hall–Kier alpha value is -3.10. The van der Waals surface area contributed by atoms with Crippen LogP contribution in [0.25, 0.3) is 0 Å². The number of halogens is 3. The molecule has 126 valence electrons. The lowest BCUT2D eigenvalue weighted by Crippen LogP contribution is -2.17. The number of hydrogen-bond donors (Lipinski definition) is 2. The van der Waals surface area contributed by atoms with Gasteiger partial charge in [-0.15, -0.1) is 13.2 Å². The van der Waals surface area contributed by atoms with Gasteiger partial charge in [-0.05, 0) is 36.4 Å². The van der Waals surface area contributed by atoms with Crippen molar-refractivity contribution in [2.24, 2.45) is 0 Å². The molecule has 2 N–H and O–H groups in total. The molecule has 0 atom stereocenters. The topological polar surface area (TPSA) is 80.3 Å². The summed E-state index contributed by atoms with van der Waals surface area (Å²) in [5.74, 6) is -1.02. The number of nitrogens with one attached hydrogen (secondary N) is 2. The molecular formula is C15H12F3N3O3. The molecule has 6 nitrogen and oxygen atoms in total. The summed E-state index contributed by atoms with van der Waals surface area (Å²) in [5.41, 5.74) is 0.511. The predicted octanol–water partition coefficient (Wildman–Crippen LogP) is 3.19. The quantitative estimate of drug-likeness (QED) is 0.896. The number of alkyl halides is 3. The molecule has 0 saturated heterocycles. The van der Waals surface area contributed by atoms with Crippen LogP contribution in [0.2, 0.25) is 0 Å². The van der Waals surface area contributed by atoms with E-state index < -0.39 is 18.0 Å². The van der Waals surface area contributed by atoms with Gasteiger partial charge in [-0.1, -0.05) is 0 Å². The summed E-state index contributed by atoms with van der Waals surface area (Å²) in [5, 5.41) is 4.95. The van der Waals surface area contributed by atoms with Crippen LogP contribution in [-0.2, 0) is 4.79 Å². The third-order valence-electron chi connectivity index (χ3n) is 2.67. The number of pyridine rings is 1. The second kappa shape index (κ2) is 6.99. The van der Waals surface area contributed by atoms with Gasteiger partial charge in [0.1, 0.15) is 11.6 Å². The maximum Gasteiger partial charge on any atom is 0.573 e. The highest BCUT2D eigenvalue weighted by atomic mass is 19.4. The fourth-order valence-corrected chi connectivity index (χ4v) is 1.76. The van der Waals surface area contributed by atoms with Crippen LogP contribution in [-0.4, -0.2) is 23.2 Å². The summed E-state index contributed by atoms with van der Waals surface area (Å²) in [7, 11) is 0. The number of hydrogen-bond acceptors (Lipinski definition) is 4. The van der Waals surface area contributed by atoms with Crippen molar-refractivity contribution in [3.63, 3.8) is 0 Å². The van der Waals surface area contributed by atoms with Gasteiger partial charge in [0.05, 0.1) is 0 Å². The lowest BCUT2D eigenvalue weighted by Gasteiger charge is -2.10. The smallest absolute Gasteiger partial charge is 0.406 e. The lowest BCUT2D eigenvalue weighted by molar-refractivity contribution is -0.274. The summed E-state index contributed by atoms with van der Waals surface area (Å²) in [6, 6.07) is 7.51. The maximum absolute atomic E-state index is 12.1. The Bertz CT molecular complexity index is 746. The number of anilines is 2. The van der Waals surface area contributed by atoms with E-state index in [1.54, 1.807) is 0 Å². The van der Waals surface area contributed by atoms with Crippen molar-refractivity contribution in [2.75, 3.05) is 10.6 Å². The second-order valence-corrected chi connectivity index (χ2v) is 4.64. The maximum atomic E-state index is 12.1. The molecule has 0 aliphatic heterocycles. The summed E-state index contributed by atoms with van der Waals surface area (Å²) >= 11 is 0. The number of ether oxygens (including phenoxy) is 1. The average molecular weight is 339 g/mol. The number of carbonyl (C=O) groups excluding carboxylic acids is 2. The van der Waals surface area contributed by atoms with Gasteiger partial charge in [0.2, 0.25) is 5.91 Å². The van der Waals surface area contributed by atoms with Crippen molar-refractivity contribution in [3.05, 3.63) is 48.2 Å². The first-order valence-corrected chi connectivity index (χ1v) is 6.64. The third-order valence-corrected chi connectivity index (χ3v) is 2.67. The molecular weight excluding hydrogens is 327 g/mol. The van der Waals surface area contributed by atoms with Gasteiger partial charge in [-0.25, -0.2) is 4.98 Å². The Kier molecular flexibility index (Phi) is 5.02. The van der Waals surface area contributed by atoms with E-state index in [9.17, 15) is 22.8 Å². The monoisotopic (exact) mass is 339 g/mol. The molecule has 0 aliphatic rings.